The maximum atomic E-state index is 12.4. The van der Waals surface area contributed by atoms with Crippen molar-refractivity contribution in [3.8, 4) is 5.75 Å². The van der Waals surface area contributed by atoms with Crippen molar-refractivity contribution < 1.29 is 9.90 Å². The number of unbranched alkanes of at least 4 members (excludes halogenated alkanes) is 3. The molecule has 0 bridgehead atoms. The Hall–Kier alpha value is -1.33. The van der Waals surface area contributed by atoms with Gasteiger partial charge in [0.25, 0.3) is 5.91 Å². The zero-order chi connectivity index (χ0) is 17.5. The number of carbonyl (C=O) groups is 1. The smallest absolute Gasteiger partial charge is 0.259 e. The van der Waals surface area contributed by atoms with Crippen LogP contribution in [0.4, 0.5) is 5.69 Å². The summed E-state index contributed by atoms with van der Waals surface area (Å²) in [7, 11) is 0. The van der Waals surface area contributed by atoms with Gasteiger partial charge in [0, 0.05) is 10.2 Å². The molecule has 2 aromatic carbocycles. The fourth-order valence-electron chi connectivity index (χ4n) is 2.45. The Labute approximate surface area is 159 Å². The van der Waals surface area contributed by atoms with Gasteiger partial charge >= 0.3 is 0 Å². The molecule has 0 fully saturated rings. The lowest BCUT2D eigenvalue weighted by molar-refractivity contribution is 0.102. The number of nitrogens with one attached hydrogen (secondary N) is 1. The molecule has 0 atom stereocenters. The summed E-state index contributed by atoms with van der Waals surface area (Å²) in [6, 6.07) is 11.2. The summed E-state index contributed by atoms with van der Waals surface area (Å²) in [5.41, 5.74) is 2.21. The van der Waals surface area contributed by atoms with E-state index < -0.39 is 0 Å². The SMILES string of the molecule is CCCCCCc1ccc(NC(=O)c2cc(Br)cc(Br)c2O)cc1. The monoisotopic (exact) mass is 453 g/mol. The molecule has 128 valence electrons. The van der Waals surface area contributed by atoms with Gasteiger partial charge < -0.3 is 10.4 Å². The molecule has 0 aliphatic heterocycles. The van der Waals surface area contributed by atoms with Gasteiger partial charge in [-0.3, -0.25) is 4.79 Å². The molecule has 0 aromatic heterocycles. The van der Waals surface area contributed by atoms with Gasteiger partial charge in [-0.2, -0.15) is 0 Å². The molecule has 3 nitrogen and oxygen atoms in total. The third-order valence-electron chi connectivity index (χ3n) is 3.80. The van der Waals surface area contributed by atoms with E-state index in [0.717, 1.165) is 10.9 Å². The van der Waals surface area contributed by atoms with Gasteiger partial charge in [0.2, 0.25) is 0 Å². The molecule has 0 saturated heterocycles. The summed E-state index contributed by atoms with van der Waals surface area (Å²) in [4.78, 5) is 12.4. The second-order valence-electron chi connectivity index (χ2n) is 5.75. The first-order chi connectivity index (χ1) is 11.5. The quantitative estimate of drug-likeness (QED) is 0.482. The Bertz CT molecular complexity index is 699. The van der Waals surface area contributed by atoms with Crippen molar-refractivity contribution >= 4 is 43.5 Å². The van der Waals surface area contributed by atoms with Crippen molar-refractivity contribution in [2.24, 2.45) is 0 Å². The fraction of sp³-hybridized carbons (Fsp3) is 0.316. The highest BCUT2D eigenvalue weighted by atomic mass is 79.9. The topological polar surface area (TPSA) is 49.3 Å². The standard InChI is InChI=1S/C19H21Br2NO2/c1-2-3-4-5-6-13-7-9-15(10-8-13)22-19(24)16-11-14(20)12-17(21)18(16)23/h7-12,23H,2-6H2,1H3,(H,22,24). The Morgan fingerprint density at radius 1 is 1.08 bits per heavy atom. The number of halogens is 2. The van der Waals surface area contributed by atoms with Gasteiger partial charge in [0.05, 0.1) is 10.0 Å². The minimum absolute atomic E-state index is 0.0664. The molecular formula is C19H21Br2NO2. The zero-order valence-electron chi connectivity index (χ0n) is 13.6. The Morgan fingerprint density at radius 2 is 1.79 bits per heavy atom. The third-order valence-corrected chi connectivity index (χ3v) is 4.87. The van der Waals surface area contributed by atoms with Gasteiger partial charge in [-0.25, -0.2) is 0 Å². The van der Waals surface area contributed by atoms with Gasteiger partial charge in [-0.1, -0.05) is 54.2 Å². The molecule has 2 N–H and O–H groups in total. The van der Waals surface area contributed by atoms with E-state index in [-0.39, 0.29) is 17.2 Å². The molecule has 2 aromatic rings. The number of anilines is 1. The Morgan fingerprint density at radius 3 is 2.46 bits per heavy atom. The van der Waals surface area contributed by atoms with Crippen LogP contribution < -0.4 is 5.32 Å². The van der Waals surface area contributed by atoms with Crippen molar-refractivity contribution in [1.29, 1.82) is 0 Å². The van der Waals surface area contributed by atoms with E-state index in [9.17, 15) is 9.90 Å². The van der Waals surface area contributed by atoms with Crippen LogP contribution in [0.15, 0.2) is 45.3 Å². The van der Waals surface area contributed by atoms with E-state index in [2.05, 4.69) is 44.1 Å². The molecule has 0 radical (unpaired) electrons. The van der Waals surface area contributed by atoms with E-state index >= 15 is 0 Å². The Kier molecular flexibility index (Phi) is 7.31. The van der Waals surface area contributed by atoms with Crippen LogP contribution in [-0.2, 0) is 6.42 Å². The number of hydrogen-bond donors (Lipinski definition) is 2. The number of hydrogen-bond acceptors (Lipinski definition) is 2. The lowest BCUT2D eigenvalue weighted by atomic mass is 10.1. The van der Waals surface area contributed by atoms with Crippen LogP contribution in [0.5, 0.6) is 5.75 Å². The van der Waals surface area contributed by atoms with Crippen molar-refractivity contribution in [3.05, 3.63) is 56.5 Å². The van der Waals surface area contributed by atoms with E-state index in [1.54, 1.807) is 12.1 Å². The minimum atomic E-state index is -0.342. The summed E-state index contributed by atoms with van der Waals surface area (Å²) in [6.45, 7) is 2.21. The van der Waals surface area contributed by atoms with E-state index in [4.69, 9.17) is 0 Å². The van der Waals surface area contributed by atoms with Crippen molar-refractivity contribution in [2.75, 3.05) is 5.32 Å². The number of benzene rings is 2. The van der Waals surface area contributed by atoms with Crippen LogP contribution in [0.1, 0.15) is 48.5 Å². The first-order valence-electron chi connectivity index (χ1n) is 8.09. The summed E-state index contributed by atoms with van der Waals surface area (Å²) >= 11 is 6.56. The number of aryl methyl sites for hydroxylation is 1. The lowest BCUT2D eigenvalue weighted by Gasteiger charge is -2.09. The van der Waals surface area contributed by atoms with Gasteiger partial charge in [0.15, 0.2) is 0 Å². The Balaban J connectivity index is 2.00. The molecule has 0 aliphatic carbocycles. The first-order valence-corrected chi connectivity index (χ1v) is 9.68. The van der Waals surface area contributed by atoms with Gasteiger partial charge in [-0.15, -0.1) is 0 Å². The van der Waals surface area contributed by atoms with Gasteiger partial charge in [-0.05, 0) is 58.6 Å². The lowest BCUT2D eigenvalue weighted by Crippen LogP contribution is -2.12. The second-order valence-corrected chi connectivity index (χ2v) is 7.52. The van der Waals surface area contributed by atoms with Crippen LogP contribution in [0.25, 0.3) is 0 Å². The number of rotatable bonds is 7. The predicted molar refractivity (Wildman–Crippen MR) is 106 cm³/mol. The van der Waals surface area contributed by atoms with E-state index in [0.29, 0.717) is 10.2 Å². The summed E-state index contributed by atoms with van der Waals surface area (Å²) in [6.07, 6.45) is 6.03. The minimum Gasteiger partial charge on any atom is -0.506 e. The number of aromatic hydroxyl groups is 1. The van der Waals surface area contributed by atoms with Crippen LogP contribution in [0.2, 0.25) is 0 Å². The molecule has 0 heterocycles. The van der Waals surface area contributed by atoms with E-state index in [1.807, 2.05) is 24.3 Å². The largest absolute Gasteiger partial charge is 0.506 e. The summed E-state index contributed by atoms with van der Waals surface area (Å²) < 4.78 is 1.20. The molecule has 1 amide bonds. The summed E-state index contributed by atoms with van der Waals surface area (Å²) in [5, 5.41) is 12.8. The highest BCUT2D eigenvalue weighted by Crippen LogP contribution is 2.32. The maximum absolute atomic E-state index is 12.4. The highest BCUT2D eigenvalue weighted by molar-refractivity contribution is 9.11. The number of amides is 1. The maximum Gasteiger partial charge on any atom is 0.259 e. The fourth-order valence-corrected chi connectivity index (χ4v) is 3.67. The summed E-state index contributed by atoms with van der Waals surface area (Å²) in [5.74, 6) is -0.409. The normalized spacial score (nSPS) is 10.6. The van der Waals surface area contributed by atoms with Gasteiger partial charge in [0.1, 0.15) is 5.75 Å². The molecular weight excluding hydrogens is 434 g/mol. The second kappa shape index (κ2) is 9.23. The van der Waals surface area contributed by atoms with Crippen molar-refractivity contribution in [2.45, 2.75) is 39.0 Å². The molecule has 0 aliphatic rings. The molecule has 24 heavy (non-hydrogen) atoms. The average Bonchev–Trinajstić information content (AvgIpc) is 2.56. The first kappa shape index (κ1) is 19.0. The molecule has 2 rings (SSSR count). The number of phenols is 1. The highest BCUT2D eigenvalue weighted by Gasteiger charge is 2.15. The molecule has 5 heteroatoms. The molecule has 0 spiro atoms. The van der Waals surface area contributed by atoms with Crippen LogP contribution >= 0.6 is 31.9 Å². The number of carbonyl (C=O) groups excluding carboxylic acids is 1. The molecule has 0 unspecified atom stereocenters. The predicted octanol–water partition coefficient (Wildman–Crippen LogP) is 6.29. The van der Waals surface area contributed by atoms with E-state index in [1.165, 1.54) is 31.2 Å². The molecule has 0 saturated carbocycles. The van der Waals surface area contributed by atoms with Crippen LogP contribution in [0, 0.1) is 0 Å². The number of phenolic OH excluding ortho intramolecular Hbond substituents is 1. The van der Waals surface area contributed by atoms with Crippen LogP contribution in [0.3, 0.4) is 0 Å². The average molecular weight is 455 g/mol. The zero-order valence-corrected chi connectivity index (χ0v) is 16.8. The van der Waals surface area contributed by atoms with Crippen molar-refractivity contribution in [3.63, 3.8) is 0 Å². The third kappa shape index (κ3) is 5.35. The van der Waals surface area contributed by atoms with Crippen LogP contribution in [-0.4, -0.2) is 11.0 Å². The van der Waals surface area contributed by atoms with Crippen molar-refractivity contribution in [1.82, 2.24) is 0 Å².